The number of hydrogen-bond acceptors (Lipinski definition) is 4. The highest BCUT2D eigenvalue weighted by Crippen LogP contribution is 2.34. The van der Waals surface area contributed by atoms with Crippen molar-refractivity contribution >= 4 is 22.8 Å². The summed E-state index contributed by atoms with van der Waals surface area (Å²) < 4.78 is 7.40. The van der Waals surface area contributed by atoms with Crippen LogP contribution in [-0.4, -0.2) is 16.5 Å². The van der Waals surface area contributed by atoms with Gasteiger partial charge in [-0.2, -0.15) is 0 Å². The van der Waals surface area contributed by atoms with E-state index in [1.54, 1.807) is 18.4 Å². The van der Waals surface area contributed by atoms with Crippen molar-refractivity contribution in [1.82, 2.24) is 9.38 Å². The summed E-state index contributed by atoms with van der Waals surface area (Å²) in [5, 5.41) is 3.61. The number of benzene rings is 2. The van der Waals surface area contributed by atoms with Crippen LogP contribution >= 0.6 is 11.3 Å². The molecule has 5 heteroatoms. The van der Waals surface area contributed by atoms with Crippen LogP contribution in [0.5, 0.6) is 5.75 Å². The van der Waals surface area contributed by atoms with E-state index in [4.69, 9.17) is 9.72 Å². The third kappa shape index (κ3) is 4.48. The molecule has 0 saturated carbocycles. The highest BCUT2D eigenvalue weighted by molar-refractivity contribution is 7.16. The lowest BCUT2D eigenvalue weighted by Gasteiger charge is -2.09. The zero-order valence-electron chi connectivity index (χ0n) is 18.5. The molecule has 0 unspecified atom stereocenters. The van der Waals surface area contributed by atoms with Gasteiger partial charge in [0.05, 0.1) is 16.9 Å². The highest BCUT2D eigenvalue weighted by Gasteiger charge is 2.16. The third-order valence-electron chi connectivity index (χ3n) is 5.41. The van der Waals surface area contributed by atoms with Crippen LogP contribution < -0.4 is 10.1 Å². The largest absolute Gasteiger partial charge is 0.497 e. The first-order valence-corrected chi connectivity index (χ1v) is 11.5. The molecular formula is C28H23N3OS. The summed E-state index contributed by atoms with van der Waals surface area (Å²) in [5.74, 6) is 8.36. The van der Waals surface area contributed by atoms with Crippen LogP contribution in [0.3, 0.4) is 0 Å². The molecule has 0 saturated heterocycles. The van der Waals surface area contributed by atoms with Crippen LogP contribution in [0.1, 0.15) is 21.6 Å². The van der Waals surface area contributed by atoms with E-state index in [0.29, 0.717) is 6.54 Å². The number of aryl methyl sites for hydroxylation is 1. The monoisotopic (exact) mass is 449 g/mol. The van der Waals surface area contributed by atoms with Gasteiger partial charge in [-0.1, -0.05) is 48.2 Å². The smallest absolute Gasteiger partial charge is 0.142 e. The minimum absolute atomic E-state index is 0.685. The summed E-state index contributed by atoms with van der Waals surface area (Å²) in [6.07, 6.45) is 2.05. The van der Waals surface area contributed by atoms with Gasteiger partial charge in [-0.15, -0.1) is 11.3 Å². The van der Waals surface area contributed by atoms with E-state index in [0.717, 1.165) is 43.8 Å². The zero-order valence-corrected chi connectivity index (χ0v) is 19.3. The number of nitrogens with one attached hydrogen (secondary N) is 1. The predicted molar refractivity (Wildman–Crippen MR) is 136 cm³/mol. The Balaban J connectivity index is 1.48. The van der Waals surface area contributed by atoms with Crippen LogP contribution in [0.15, 0.2) is 85.1 Å². The van der Waals surface area contributed by atoms with Crippen molar-refractivity contribution < 1.29 is 4.74 Å². The Morgan fingerprint density at radius 3 is 2.55 bits per heavy atom. The highest BCUT2D eigenvalue weighted by atomic mass is 32.1. The van der Waals surface area contributed by atoms with Gasteiger partial charge in [0.25, 0.3) is 0 Å². The van der Waals surface area contributed by atoms with E-state index in [9.17, 15) is 0 Å². The second-order valence-electron chi connectivity index (χ2n) is 7.68. The molecule has 0 aliphatic rings. The van der Waals surface area contributed by atoms with Crippen LogP contribution in [-0.2, 0) is 6.54 Å². The number of nitrogens with zero attached hydrogens (tertiary/aromatic N) is 2. The minimum Gasteiger partial charge on any atom is -0.497 e. The van der Waals surface area contributed by atoms with Crippen molar-refractivity contribution in [2.75, 3.05) is 12.4 Å². The van der Waals surface area contributed by atoms with E-state index in [1.807, 2.05) is 42.5 Å². The molecule has 0 radical (unpaired) electrons. The number of aromatic nitrogens is 2. The predicted octanol–water partition coefficient (Wildman–Crippen LogP) is 6.39. The molecule has 5 aromatic rings. The Bertz CT molecular complexity index is 1450. The Hall–Kier alpha value is -4.01. The lowest BCUT2D eigenvalue weighted by Crippen LogP contribution is -2.03. The van der Waals surface area contributed by atoms with Gasteiger partial charge in [0, 0.05) is 18.3 Å². The number of fused-ring (bicyclic) bond motifs is 1. The Labute approximate surface area is 197 Å². The standard InChI is InChI=1S/C28H23N3OS/c1-20-7-6-18-31-27(20)30-26(28(31)29-19-22-10-13-23(32-2)14-11-22)25-17-16-24(33-25)15-12-21-8-4-3-5-9-21/h3-11,13-14,16-18,29H,19H2,1-2H3. The topological polar surface area (TPSA) is 38.6 Å². The SMILES string of the molecule is COc1ccc(CNc2c(-c3ccc(C#Cc4ccccc4)s3)nc3c(C)cccn23)cc1. The van der Waals surface area contributed by atoms with E-state index in [2.05, 4.69) is 71.1 Å². The number of pyridine rings is 1. The average molecular weight is 450 g/mol. The van der Waals surface area contributed by atoms with E-state index >= 15 is 0 Å². The van der Waals surface area contributed by atoms with Gasteiger partial charge in [0.1, 0.15) is 22.9 Å². The van der Waals surface area contributed by atoms with Gasteiger partial charge in [-0.25, -0.2) is 4.98 Å². The molecule has 0 atom stereocenters. The van der Waals surface area contributed by atoms with E-state index in [-0.39, 0.29) is 0 Å². The lowest BCUT2D eigenvalue weighted by atomic mass is 10.2. The maximum Gasteiger partial charge on any atom is 0.142 e. The van der Waals surface area contributed by atoms with Crippen molar-refractivity contribution in [3.8, 4) is 28.2 Å². The fourth-order valence-corrected chi connectivity index (χ4v) is 4.51. The van der Waals surface area contributed by atoms with Gasteiger partial charge in [-0.05, 0) is 60.5 Å². The molecule has 162 valence electrons. The number of ether oxygens (including phenoxy) is 1. The number of imidazole rings is 1. The number of thiophene rings is 1. The third-order valence-corrected chi connectivity index (χ3v) is 6.41. The second-order valence-corrected chi connectivity index (χ2v) is 8.76. The van der Waals surface area contributed by atoms with Gasteiger partial charge in [-0.3, -0.25) is 4.40 Å². The summed E-state index contributed by atoms with van der Waals surface area (Å²) >= 11 is 1.66. The first-order chi connectivity index (χ1) is 16.2. The number of hydrogen-bond donors (Lipinski definition) is 1. The molecule has 0 spiro atoms. The molecule has 0 aliphatic carbocycles. The average Bonchev–Trinajstić information content (AvgIpc) is 3.48. The van der Waals surface area contributed by atoms with Crippen molar-refractivity contribution in [2.24, 2.45) is 0 Å². The Morgan fingerprint density at radius 1 is 0.939 bits per heavy atom. The molecule has 1 N–H and O–H groups in total. The van der Waals surface area contributed by atoms with Crippen LogP contribution in [0.2, 0.25) is 0 Å². The molecule has 0 amide bonds. The fourth-order valence-electron chi connectivity index (χ4n) is 3.66. The summed E-state index contributed by atoms with van der Waals surface area (Å²) in [7, 11) is 1.68. The normalized spacial score (nSPS) is 10.6. The minimum atomic E-state index is 0.685. The molecule has 5 rings (SSSR count). The molecule has 3 heterocycles. The first kappa shape index (κ1) is 20.9. The molecule has 4 nitrogen and oxygen atoms in total. The lowest BCUT2D eigenvalue weighted by molar-refractivity contribution is 0.414. The summed E-state index contributed by atoms with van der Waals surface area (Å²) in [4.78, 5) is 7.10. The molecular weight excluding hydrogens is 426 g/mol. The number of anilines is 1. The maximum absolute atomic E-state index is 5.27. The Morgan fingerprint density at radius 2 is 1.76 bits per heavy atom. The molecule has 0 fully saturated rings. The van der Waals surface area contributed by atoms with Gasteiger partial charge < -0.3 is 10.1 Å². The molecule has 3 aromatic heterocycles. The van der Waals surface area contributed by atoms with E-state index < -0.39 is 0 Å². The van der Waals surface area contributed by atoms with Gasteiger partial charge in [0.2, 0.25) is 0 Å². The van der Waals surface area contributed by atoms with Crippen molar-refractivity contribution in [3.05, 3.63) is 107 Å². The van der Waals surface area contributed by atoms with Gasteiger partial charge in [0.15, 0.2) is 0 Å². The fraction of sp³-hybridized carbons (Fsp3) is 0.107. The van der Waals surface area contributed by atoms with E-state index in [1.165, 1.54) is 5.56 Å². The van der Waals surface area contributed by atoms with Crippen LogP contribution in [0.25, 0.3) is 16.2 Å². The van der Waals surface area contributed by atoms with Gasteiger partial charge >= 0.3 is 0 Å². The zero-order chi connectivity index (χ0) is 22.6. The molecule has 33 heavy (non-hydrogen) atoms. The first-order valence-electron chi connectivity index (χ1n) is 10.7. The van der Waals surface area contributed by atoms with Crippen molar-refractivity contribution in [3.63, 3.8) is 0 Å². The molecule has 0 bridgehead atoms. The molecule has 2 aromatic carbocycles. The van der Waals surface area contributed by atoms with Crippen LogP contribution in [0.4, 0.5) is 5.82 Å². The second kappa shape index (κ2) is 9.23. The summed E-state index contributed by atoms with van der Waals surface area (Å²) in [5.41, 5.74) is 5.21. The van der Waals surface area contributed by atoms with Crippen molar-refractivity contribution in [1.29, 1.82) is 0 Å². The summed E-state index contributed by atoms with van der Waals surface area (Å²) in [6.45, 7) is 2.77. The quantitative estimate of drug-likeness (QED) is 0.316. The maximum atomic E-state index is 5.27. The number of methoxy groups -OCH3 is 1. The Kier molecular flexibility index (Phi) is 5.84. The molecule has 0 aliphatic heterocycles. The summed E-state index contributed by atoms with van der Waals surface area (Å²) in [6, 6.07) is 26.5. The van der Waals surface area contributed by atoms with Crippen molar-refractivity contribution in [2.45, 2.75) is 13.5 Å². The number of rotatable bonds is 5. The van der Waals surface area contributed by atoms with Crippen LogP contribution in [0, 0.1) is 18.8 Å².